The number of halogens is 2. The predicted molar refractivity (Wildman–Crippen MR) is 104 cm³/mol. The zero-order chi connectivity index (χ0) is 18.5. The summed E-state index contributed by atoms with van der Waals surface area (Å²) >= 11 is 12.3. The molecule has 0 bridgehead atoms. The van der Waals surface area contributed by atoms with Crippen molar-refractivity contribution in [2.24, 2.45) is 5.92 Å². The van der Waals surface area contributed by atoms with Crippen molar-refractivity contribution in [3.63, 3.8) is 0 Å². The Bertz CT molecular complexity index is 755. The molecule has 1 saturated heterocycles. The minimum atomic E-state index is -0.161. The van der Waals surface area contributed by atoms with Gasteiger partial charge in [-0.1, -0.05) is 59.6 Å². The molecule has 4 nitrogen and oxygen atoms in total. The van der Waals surface area contributed by atoms with Gasteiger partial charge in [0, 0.05) is 32.7 Å². The van der Waals surface area contributed by atoms with Crippen LogP contribution in [0.3, 0.4) is 0 Å². The highest BCUT2D eigenvalue weighted by molar-refractivity contribution is 6.42. The van der Waals surface area contributed by atoms with E-state index < -0.39 is 0 Å². The van der Waals surface area contributed by atoms with E-state index in [4.69, 9.17) is 27.9 Å². The lowest BCUT2D eigenvalue weighted by Crippen LogP contribution is -2.35. The smallest absolute Gasteiger partial charge is 0.226 e. The first kappa shape index (κ1) is 19.2. The molecular formula is C20H22Cl2N2O2. The van der Waals surface area contributed by atoms with E-state index in [2.05, 4.69) is 22.3 Å². The van der Waals surface area contributed by atoms with E-state index >= 15 is 0 Å². The van der Waals surface area contributed by atoms with Crippen LogP contribution in [0.2, 0.25) is 10.0 Å². The van der Waals surface area contributed by atoms with Crippen LogP contribution < -0.4 is 5.32 Å². The lowest BCUT2D eigenvalue weighted by Gasteiger charge is -2.18. The molecule has 6 heteroatoms. The second-order valence-electron chi connectivity index (χ2n) is 6.54. The van der Waals surface area contributed by atoms with Gasteiger partial charge in [0.2, 0.25) is 5.91 Å². The van der Waals surface area contributed by atoms with Crippen molar-refractivity contribution in [1.82, 2.24) is 10.2 Å². The van der Waals surface area contributed by atoms with Crippen LogP contribution in [0.1, 0.15) is 17.0 Å². The van der Waals surface area contributed by atoms with E-state index in [9.17, 15) is 4.79 Å². The zero-order valence-corrected chi connectivity index (χ0v) is 16.1. The molecule has 1 heterocycles. The van der Waals surface area contributed by atoms with E-state index in [-0.39, 0.29) is 24.5 Å². The molecule has 0 saturated carbocycles. The Morgan fingerprint density at radius 3 is 2.62 bits per heavy atom. The minimum absolute atomic E-state index is 0.00140. The van der Waals surface area contributed by atoms with Crippen LogP contribution in [0.25, 0.3) is 0 Å². The Morgan fingerprint density at radius 2 is 1.92 bits per heavy atom. The van der Waals surface area contributed by atoms with E-state index in [0.717, 1.165) is 18.7 Å². The number of nitrogens with one attached hydrogen (secondary N) is 1. The molecule has 2 atom stereocenters. The summed E-state index contributed by atoms with van der Waals surface area (Å²) in [5, 5.41) is 3.88. The highest BCUT2D eigenvalue weighted by Crippen LogP contribution is 2.36. The topological polar surface area (TPSA) is 41.6 Å². The summed E-state index contributed by atoms with van der Waals surface area (Å²) in [6, 6.07) is 15.9. The zero-order valence-electron chi connectivity index (χ0n) is 14.6. The van der Waals surface area contributed by atoms with Gasteiger partial charge < -0.3 is 10.1 Å². The summed E-state index contributed by atoms with van der Waals surface area (Å²) in [7, 11) is 1.56. The number of amides is 1. The first-order valence-electron chi connectivity index (χ1n) is 8.56. The molecular weight excluding hydrogens is 371 g/mol. The number of hydrogen-bond acceptors (Lipinski definition) is 3. The monoisotopic (exact) mass is 392 g/mol. The Hall–Kier alpha value is -1.59. The summed E-state index contributed by atoms with van der Waals surface area (Å²) in [6.45, 7) is 2.50. The van der Waals surface area contributed by atoms with Crippen molar-refractivity contribution in [3.05, 3.63) is 69.7 Å². The summed E-state index contributed by atoms with van der Waals surface area (Å²) in [4.78, 5) is 15.0. The molecule has 3 rings (SSSR count). The number of benzene rings is 2. The summed E-state index contributed by atoms with van der Waals surface area (Å²) in [6.07, 6.45) is 0. The minimum Gasteiger partial charge on any atom is -0.364 e. The number of likely N-dealkylation sites (tertiary alicyclic amines) is 1. The van der Waals surface area contributed by atoms with Crippen molar-refractivity contribution in [3.8, 4) is 0 Å². The normalized spacial score (nSPS) is 20.3. The Kier molecular flexibility index (Phi) is 6.54. The first-order valence-corrected chi connectivity index (χ1v) is 9.32. The third-order valence-corrected chi connectivity index (χ3v) is 5.48. The SMILES string of the molecule is COCNC(=O)C1CN(Cc2ccccc2)CC1c1ccc(Cl)c(Cl)c1. The fourth-order valence-electron chi connectivity index (χ4n) is 3.48. The molecule has 1 aliphatic rings. The van der Waals surface area contributed by atoms with Gasteiger partial charge in [0.15, 0.2) is 0 Å². The molecule has 0 aromatic heterocycles. The van der Waals surface area contributed by atoms with Gasteiger partial charge in [-0.05, 0) is 23.3 Å². The lowest BCUT2D eigenvalue weighted by molar-refractivity contribution is -0.126. The number of hydrogen-bond donors (Lipinski definition) is 1. The van der Waals surface area contributed by atoms with Gasteiger partial charge in [0.05, 0.1) is 16.0 Å². The molecule has 0 radical (unpaired) electrons. The largest absolute Gasteiger partial charge is 0.364 e. The molecule has 26 heavy (non-hydrogen) atoms. The maximum atomic E-state index is 12.7. The van der Waals surface area contributed by atoms with Gasteiger partial charge in [0.1, 0.15) is 6.73 Å². The Labute approximate surface area is 164 Å². The number of rotatable bonds is 6. The van der Waals surface area contributed by atoms with Crippen LogP contribution >= 0.6 is 23.2 Å². The average Bonchev–Trinajstić information content (AvgIpc) is 3.06. The fourth-order valence-corrected chi connectivity index (χ4v) is 3.78. The molecule has 138 valence electrons. The van der Waals surface area contributed by atoms with Gasteiger partial charge in [-0.2, -0.15) is 0 Å². The molecule has 2 unspecified atom stereocenters. The third-order valence-electron chi connectivity index (χ3n) is 4.74. The number of ether oxygens (including phenoxy) is 1. The molecule has 2 aromatic carbocycles. The lowest BCUT2D eigenvalue weighted by atomic mass is 9.88. The molecule has 1 amide bonds. The van der Waals surface area contributed by atoms with Crippen molar-refractivity contribution in [1.29, 1.82) is 0 Å². The predicted octanol–water partition coefficient (Wildman–Crippen LogP) is 3.93. The molecule has 1 N–H and O–H groups in total. The van der Waals surface area contributed by atoms with Crippen molar-refractivity contribution in [2.45, 2.75) is 12.5 Å². The average molecular weight is 393 g/mol. The van der Waals surface area contributed by atoms with Gasteiger partial charge >= 0.3 is 0 Å². The number of carbonyl (C=O) groups excluding carboxylic acids is 1. The second-order valence-corrected chi connectivity index (χ2v) is 7.35. The number of methoxy groups -OCH3 is 1. The molecule has 0 spiro atoms. The van der Waals surface area contributed by atoms with Crippen LogP contribution in [0, 0.1) is 5.92 Å². The molecule has 1 aliphatic heterocycles. The van der Waals surface area contributed by atoms with Crippen molar-refractivity contribution >= 4 is 29.1 Å². The second kappa shape index (κ2) is 8.87. The molecule has 1 fully saturated rings. The van der Waals surface area contributed by atoms with Gasteiger partial charge in [-0.25, -0.2) is 0 Å². The van der Waals surface area contributed by atoms with Crippen LogP contribution in [-0.2, 0) is 16.1 Å². The van der Waals surface area contributed by atoms with Gasteiger partial charge in [-0.3, -0.25) is 9.69 Å². The third kappa shape index (κ3) is 4.57. The molecule has 2 aromatic rings. The van der Waals surface area contributed by atoms with Crippen LogP contribution in [0.4, 0.5) is 0 Å². The van der Waals surface area contributed by atoms with E-state index in [1.54, 1.807) is 13.2 Å². The summed E-state index contributed by atoms with van der Waals surface area (Å²) in [5.74, 6) is -0.102. The maximum Gasteiger partial charge on any atom is 0.226 e. The number of nitrogens with zero attached hydrogens (tertiary/aromatic N) is 1. The summed E-state index contributed by atoms with van der Waals surface area (Å²) < 4.78 is 4.99. The highest BCUT2D eigenvalue weighted by atomic mass is 35.5. The Morgan fingerprint density at radius 1 is 1.15 bits per heavy atom. The van der Waals surface area contributed by atoms with Crippen LogP contribution in [-0.4, -0.2) is 37.7 Å². The van der Waals surface area contributed by atoms with Gasteiger partial charge in [0.25, 0.3) is 0 Å². The fraction of sp³-hybridized carbons (Fsp3) is 0.350. The standard InChI is InChI=1S/C20H22Cl2N2O2/c1-26-13-23-20(25)17-12-24(10-14-5-3-2-4-6-14)11-16(17)15-7-8-18(21)19(22)9-15/h2-9,16-17H,10-13H2,1H3,(H,23,25). The Balaban J connectivity index is 1.80. The maximum absolute atomic E-state index is 12.7. The van der Waals surface area contributed by atoms with E-state index in [1.165, 1.54) is 5.56 Å². The number of carbonyl (C=O) groups is 1. The van der Waals surface area contributed by atoms with Crippen molar-refractivity contribution in [2.75, 3.05) is 26.9 Å². The van der Waals surface area contributed by atoms with E-state index in [0.29, 0.717) is 16.6 Å². The highest BCUT2D eigenvalue weighted by Gasteiger charge is 2.38. The molecule has 0 aliphatic carbocycles. The van der Waals surface area contributed by atoms with Crippen LogP contribution in [0.15, 0.2) is 48.5 Å². The van der Waals surface area contributed by atoms with E-state index in [1.807, 2.05) is 30.3 Å². The summed E-state index contributed by atoms with van der Waals surface area (Å²) in [5.41, 5.74) is 2.27. The first-order chi connectivity index (χ1) is 12.6. The van der Waals surface area contributed by atoms with Gasteiger partial charge in [-0.15, -0.1) is 0 Å². The quantitative estimate of drug-likeness (QED) is 0.757. The van der Waals surface area contributed by atoms with Crippen LogP contribution in [0.5, 0.6) is 0 Å². The van der Waals surface area contributed by atoms with Crippen molar-refractivity contribution < 1.29 is 9.53 Å².